The van der Waals surface area contributed by atoms with Gasteiger partial charge in [-0.25, -0.2) is 0 Å². The van der Waals surface area contributed by atoms with Gasteiger partial charge in [0.25, 0.3) is 11.7 Å². The highest BCUT2D eigenvalue weighted by molar-refractivity contribution is 6.47. The van der Waals surface area contributed by atoms with Gasteiger partial charge in [0.05, 0.1) is 17.7 Å². The number of carbonyl (C=O) groups excluding carboxylic acids is 2. The summed E-state index contributed by atoms with van der Waals surface area (Å²) in [4.78, 5) is 27.3. The van der Waals surface area contributed by atoms with Crippen LogP contribution in [0, 0.1) is 0 Å². The SMILES string of the molecule is O=C1C(=O)N(CC2CCCO2)C(c2ccccc2Cl)/C1=C(/O)c1ccccc1. The van der Waals surface area contributed by atoms with Gasteiger partial charge < -0.3 is 14.7 Å². The fourth-order valence-electron chi connectivity index (χ4n) is 3.85. The van der Waals surface area contributed by atoms with Gasteiger partial charge in [-0.1, -0.05) is 60.1 Å². The predicted octanol–water partition coefficient (Wildman–Crippen LogP) is 3.94. The molecule has 1 N–H and O–H groups in total. The maximum Gasteiger partial charge on any atom is 0.295 e. The number of hydrogen-bond acceptors (Lipinski definition) is 4. The summed E-state index contributed by atoms with van der Waals surface area (Å²) >= 11 is 6.41. The first-order valence-corrected chi connectivity index (χ1v) is 9.65. The Morgan fingerprint density at radius 3 is 2.50 bits per heavy atom. The smallest absolute Gasteiger partial charge is 0.295 e. The lowest BCUT2D eigenvalue weighted by Gasteiger charge is -2.28. The molecule has 0 aliphatic carbocycles. The number of rotatable bonds is 4. The number of nitrogens with zero attached hydrogens (tertiary/aromatic N) is 1. The van der Waals surface area contributed by atoms with Crippen LogP contribution in [0.3, 0.4) is 0 Å². The van der Waals surface area contributed by atoms with E-state index in [0.717, 1.165) is 12.8 Å². The first kappa shape index (κ1) is 18.7. The monoisotopic (exact) mass is 397 g/mol. The van der Waals surface area contributed by atoms with E-state index in [0.29, 0.717) is 22.8 Å². The molecule has 6 heteroatoms. The summed E-state index contributed by atoms with van der Waals surface area (Å²) in [5.74, 6) is -1.54. The molecule has 2 fully saturated rings. The van der Waals surface area contributed by atoms with Crippen molar-refractivity contribution in [1.29, 1.82) is 0 Å². The van der Waals surface area contributed by atoms with Crippen molar-refractivity contribution in [3.05, 3.63) is 76.3 Å². The Morgan fingerprint density at radius 1 is 1.11 bits per heavy atom. The fourth-order valence-corrected chi connectivity index (χ4v) is 4.09. The van der Waals surface area contributed by atoms with Crippen LogP contribution in [0.1, 0.15) is 30.0 Å². The lowest BCUT2D eigenvalue weighted by molar-refractivity contribution is -0.140. The molecule has 0 saturated carbocycles. The largest absolute Gasteiger partial charge is 0.507 e. The molecule has 0 aromatic heterocycles. The molecule has 2 aromatic rings. The number of Topliss-reactive ketones (excluding diaryl/α,β-unsaturated/α-hetero) is 1. The molecule has 0 bridgehead atoms. The number of likely N-dealkylation sites (tertiary alicyclic amines) is 1. The molecule has 4 rings (SSSR count). The number of halogens is 1. The van der Waals surface area contributed by atoms with Crippen LogP contribution >= 0.6 is 11.6 Å². The minimum absolute atomic E-state index is 0.0577. The molecule has 2 aliphatic heterocycles. The van der Waals surface area contributed by atoms with Crippen LogP contribution in [0.2, 0.25) is 5.02 Å². The van der Waals surface area contributed by atoms with Crippen molar-refractivity contribution in [1.82, 2.24) is 4.90 Å². The Bertz CT molecular complexity index is 935. The van der Waals surface area contributed by atoms with Crippen LogP contribution in [0.15, 0.2) is 60.2 Å². The van der Waals surface area contributed by atoms with E-state index in [1.807, 2.05) is 6.07 Å². The molecule has 2 unspecified atom stereocenters. The molecule has 1 amide bonds. The number of amides is 1. The lowest BCUT2D eigenvalue weighted by Crippen LogP contribution is -2.36. The molecule has 144 valence electrons. The van der Waals surface area contributed by atoms with E-state index in [4.69, 9.17) is 16.3 Å². The van der Waals surface area contributed by atoms with Crippen molar-refractivity contribution < 1.29 is 19.4 Å². The molecule has 2 aromatic carbocycles. The summed E-state index contributed by atoms with van der Waals surface area (Å²) in [5.41, 5.74) is 1.15. The van der Waals surface area contributed by atoms with Crippen molar-refractivity contribution in [2.75, 3.05) is 13.2 Å². The van der Waals surface area contributed by atoms with Gasteiger partial charge in [-0.3, -0.25) is 9.59 Å². The number of ether oxygens (including phenoxy) is 1. The van der Waals surface area contributed by atoms with Crippen LogP contribution in [0.5, 0.6) is 0 Å². The molecular formula is C22H20ClNO4. The summed E-state index contributed by atoms with van der Waals surface area (Å²) in [7, 11) is 0. The highest BCUT2D eigenvalue weighted by atomic mass is 35.5. The number of benzene rings is 2. The Labute approximate surface area is 168 Å². The summed E-state index contributed by atoms with van der Waals surface area (Å²) in [6, 6.07) is 15.1. The van der Waals surface area contributed by atoms with Crippen LogP contribution in [-0.4, -0.2) is 41.0 Å². The van der Waals surface area contributed by atoms with E-state index in [1.165, 1.54) is 4.90 Å². The van der Waals surface area contributed by atoms with Crippen LogP contribution in [-0.2, 0) is 14.3 Å². The topological polar surface area (TPSA) is 66.8 Å². The Hall–Kier alpha value is -2.63. The van der Waals surface area contributed by atoms with E-state index in [2.05, 4.69) is 0 Å². The van der Waals surface area contributed by atoms with Gasteiger partial charge in [-0.15, -0.1) is 0 Å². The fraction of sp³-hybridized carbons (Fsp3) is 0.273. The Morgan fingerprint density at radius 2 is 1.82 bits per heavy atom. The third-order valence-electron chi connectivity index (χ3n) is 5.21. The molecule has 5 nitrogen and oxygen atoms in total. The molecule has 28 heavy (non-hydrogen) atoms. The minimum Gasteiger partial charge on any atom is -0.507 e. The second kappa shape index (κ2) is 7.78. The van der Waals surface area contributed by atoms with Crippen molar-refractivity contribution in [3.8, 4) is 0 Å². The highest BCUT2D eigenvalue weighted by Crippen LogP contribution is 2.42. The number of carbonyl (C=O) groups is 2. The second-order valence-electron chi connectivity index (χ2n) is 6.97. The highest BCUT2D eigenvalue weighted by Gasteiger charge is 2.47. The number of ketones is 1. The van der Waals surface area contributed by atoms with Gasteiger partial charge in [0, 0.05) is 23.7 Å². The van der Waals surface area contributed by atoms with Gasteiger partial charge in [0.2, 0.25) is 0 Å². The van der Waals surface area contributed by atoms with E-state index >= 15 is 0 Å². The first-order chi connectivity index (χ1) is 13.6. The molecule has 2 aliphatic rings. The van der Waals surface area contributed by atoms with E-state index < -0.39 is 17.7 Å². The quantitative estimate of drug-likeness (QED) is 0.482. The average molecular weight is 398 g/mol. The van der Waals surface area contributed by atoms with E-state index in [-0.39, 0.29) is 24.0 Å². The Balaban J connectivity index is 1.84. The zero-order chi connectivity index (χ0) is 19.7. The van der Waals surface area contributed by atoms with Crippen LogP contribution in [0.4, 0.5) is 0 Å². The summed E-state index contributed by atoms with van der Waals surface area (Å²) in [6.07, 6.45) is 1.63. The summed E-state index contributed by atoms with van der Waals surface area (Å²) < 4.78 is 5.68. The number of aliphatic hydroxyl groups is 1. The summed E-state index contributed by atoms with van der Waals surface area (Å²) in [6.45, 7) is 0.932. The van der Waals surface area contributed by atoms with Crippen LogP contribution in [0.25, 0.3) is 5.76 Å². The molecular weight excluding hydrogens is 378 g/mol. The van der Waals surface area contributed by atoms with Crippen molar-refractivity contribution in [2.45, 2.75) is 25.0 Å². The van der Waals surface area contributed by atoms with Crippen molar-refractivity contribution >= 4 is 29.1 Å². The van der Waals surface area contributed by atoms with Gasteiger partial charge in [0.1, 0.15) is 5.76 Å². The van der Waals surface area contributed by atoms with Gasteiger partial charge in [-0.05, 0) is 24.5 Å². The zero-order valence-electron chi connectivity index (χ0n) is 15.2. The van der Waals surface area contributed by atoms with E-state index in [1.54, 1.807) is 48.5 Å². The summed E-state index contributed by atoms with van der Waals surface area (Å²) in [5, 5.41) is 11.4. The van der Waals surface area contributed by atoms with E-state index in [9.17, 15) is 14.7 Å². The zero-order valence-corrected chi connectivity index (χ0v) is 15.9. The maximum absolute atomic E-state index is 12.9. The maximum atomic E-state index is 12.9. The lowest BCUT2D eigenvalue weighted by atomic mass is 9.95. The van der Waals surface area contributed by atoms with Crippen LogP contribution < -0.4 is 0 Å². The average Bonchev–Trinajstić information content (AvgIpc) is 3.31. The number of hydrogen-bond donors (Lipinski definition) is 1. The van der Waals surface area contributed by atoms with Crippen molar-refractivity contribution in [3.63, 3.8) is 0 Å². The first-order valence-electron chi connectivity index (χ1n) is 9.28. The van der Waals surface area contributed by atoms with Crippen molar-refractivity contribution in [2.24, 2.45) is 0 Å². The minimum atomic E-state index is -0.752. The third kappa shape index (κ3) is 3.32. The third-order valence-corrected chi connectivity index (χ3v) is 5.56. The predicted molar refractivity (Wildman–Crippen MR) is 106 cm³/mol. The Kier molecular flexibility index (Phi) is 5.20. The molecule has 2 heterocycles. The molecule has 0 spiro atoms. The second-order valence-corrected chi connectivity index (χ2v) is 7.38. The number of aliphatic hydroxyl groups excluding tert-OH is 1. The molecule has 2 saturated heterocycles. The molecule has 2 atom stereocenters. The van der Waals surface area contributed by atoms with Gasteiger partial charge >= 0.3 is 0 Å². The standard InChI is InChI=1S/C22H20ClNO4/c23-17-11-5-4-10-16(17)19-18(20(25)14-7-2-1-3-8-14)21(26)22(27)24(19)13-15-9-6-12-28-15/h1-5,7-8,10-11,15,19,25H,6,9,12-13H2/b20-18-. The molecule has 0 radical (unpaired) electrons. The van der Waals surface area contributed by atoms with Gasteiger partial charge in [0.15, 0.2) is 0 Å². The van der Waals surface area contributed by atoms with Gasteiger partial charge in [-0.2, -0.15) is 0 Å². The normalized spacial score (nSPS) is 24.1.